The molecule has 0 spiro atoms. The molecule has 13 rings (SSSR count). The van der Waals surface area contributed by atoms with E-state index in [4.69, 9.17) is 15.0 Å². The van der Waals surface area contributed by atoms with Crippen molar-refractivity contribution in [3.63, 3.8) is 0 Å². The Kier molecular flexibility index (Phi) is 8.15. The summed E-state index contributed by atoms with van der Waals surface area (Å²) in [6, 6.07) is 79.9. The molecule has 13 aromatic rings. The number of hydrogen-bond donors (Lipinski definition) is 0. The lowest BCUT2D eigenvalue weighted by molar-refractivity contribution is 1.07. The van der Waals surface area contributed by atoms with E-state index in [0.717, 1.165) is 66.5 Å². The van der Waals surface area contributed by atoms with Crippen LogP contribution in [0.3, 0.4) is 0 Å². The number of benzene rings is 10. The molecule has 3 aromatic heterocycles. The van der Waals surface area contributed by atoms with Gasteiger partial charge in [0.2, 0.25) is 0 Å². The highest BCUT2D eigenvalue weighted by molar-refractivity contribution is 6.21. The van der Waals surface area contributed by atoms with Gasteiger partial charge >= 0.3 is 0 Å². The van der Waals surface area contributed by atoms with Crippen molar-refractivity contribution >= 4 is 65.2 Å². The highest BCUT2D eigenvalue weighted by Crippen LogP contribution is 2.42. The van der Waals surface area contributed by atoms with Gasteiger partial charge in [-0.15, -0.1) is 0 Å². The zero-order valence-electron chi connectivity index (χ0n) is 34.6. The second kappa shape index (κ2) is 14.5. The highest BCUT2D eigenvalue weighted by atomic mass is 15.0. The molecule has 0 aliphatic rings. The summed E-state index contributed by atoms with van der Waals surface area (Å²) < 4.78 is 4.85. The first-order valence-electron chi connectivity index (χ1n) is 21.7. The van der Waals surface area contributed by atoms with Crippen molar-refractivity contribution in [2.75, 3.05) is 0 Å². The van der Waals surface area contributed by atoms with Crippen LogP contribution in [-0.4, -0.2) is 24.1 Å². The Bertz CT molecular complexity index is 3940. The predicted molar refractivity (Wildman–Crippen MR) is 265 cm³/mol. The molecule has 0 aliphatic heterocycles. The van der Waals surface area contributed by atoms with Crippen LogP contribution in [-0.2, 0) is 0 Å². The first kappa shape index (κ1) is 36.0. The molecule has 0 bridgehead atoms. The van der Waals surface area contributed by atoms with Crippen LogP contribution in [0.1, 0.15) is 0 Å². The van der Waals surface area contributed by atoms with Crippen LogP contribution in [0.25, 0.3) is 122 Å². The van der Waals surface area contributed by atoms with E-state index < -0.39 is 0 Å². The van der Waals surface area contributed by atoms with Gasteiger partial charge in [0.25, 0.3) is 0 Å². The van der Waals surface area contributed by atoms with E-state index in [2.05, 4.69) is 209 Å². The van der Waals surface area contributed by atoms with Gasteiger partial charge in [0.1, 0.15) is 0 Å². The smallest absolute Gasteiger partial charge is 0.164 e. The second-order valence-corrected chi connectivity index (χ2v) is 16.5. The summed E-state index contributed by atoms with van der Waals surface area (Å²) >= 11 is 0. The molecule has 0 radical (unpaired) electrons. The molecule has 0 aliphatic carbocycles. The summed E-state index contributed by atoms with van der Waals surface area (Å²) in [6.07, 6.45) is 0. The summed E-state index contributed by atoms with van der Waals surface area (Å²) in [5.41, 5.74) is 11.8. The van der Waals surface area contributed by atoms with E-state index >= 15 is 0 Å². The average Bonchev–Trinajstić information content (AvgIpc) is 3.86. The maximum Gasteiger partial charge on any atom is 0.164 e. The minimum absolute atomic E-state index is 0.617. The number of hydrogen-bond acceptors (Lipinski definition) is 3. The van der Waals surface area contributed by atoms with Crippen LogP contribution in [0, 0.1) is 0 Å². The number of rotatable bonds is 6. The van der Waals surface area contributed by atoms with Crippen molar-refractivity contribution in [1.82, 2.24) is 24.1 Å². The van der Waals surface area contributed by atoms with E-state index in [-0.39, 0.29) is 0 Å². The van der Waals surface area contributed by atoms with E-state index in [0.29, 0.717) is 17.5 Å². The fourth-order valence-corrected chi connectivity index (χ4v) is 9.72. The molecule has 0 N–H and O–H groups in total. The Balaban J connectivity index is 1.08. The standard InChI is InChI=1S/C59H37N5/c1-4-17-38(18-5-1)40-24-16-25-44(31-40)58-60-57(39-19-6-2-7-20-39)61-59(62-58)52-35-46(32-43-23-12-13-28-47(43)52)64-53-30-15-14-29-48(53)50-36-51-49-33-41-21-10-11-22-42(41)34-54(49)63(56(51)37-55(50)64)45-26-8-3-9-27-45/h1-37H. The van der Waals surface area contributed by atoms with Crippen LogP contribution in [0.15, 0.2) is 224 Å². The average molecular weight is 816 g/mol. The van der Waals surface area contributed by atoms with Crippen molar-refractivity contribution in [2.45, 2.75) is 0 Å². The van der Waals surface area contributed by atoms with Crippen molar-refractivity contribution < 1.29 is 0 Å². The predicted octanol–water partition coefficient (Wildman–Crippen LogP) is 15.0. The van der Waals surface area contributed by atoms with Gasteiger partial charge in [-0.1, -0.05) is 164 Å². The Morgan fingerprint density at radius 1 is 0.250 bits per heavy atom. The lowest BCUT2D eigenvalue weighted by Crippen LogP contribution is -2.02. The molecule has 0 saturated carbocycles. The third-order valence-electron chi connectivity index (χ3n) is 12.7. The fourth-order valence-electron chi connectivity index (χ4n) is 9.72. The molecule has 10 aromatic carbocycles. The van der Waals surface area contributed by atoms with Gasteiger partial charge in [-0.25, -0.2) is 15.0 Å². The first-order chi connectivity index (χ1) is 31.7. The number of nitrogens with zero attached hydrogens (tertiary/aromatic N) is 5. The molecule has 3 heterocycles. The van der Waals surface area contributed by atoms with Crippen molar-refractivity contribution in [3.8, 4) is 56.7 Å². The van der Waals surface area contributed by atoms with Crippen LogP contribution < -0.4 is 0 Å². The van der Waals surface area contributed by atoms with Crippen molar-refractivity contribution in [3.05, 3.63) is 224 Å². The SMILES string of the molecule is c1ccc(-c2cccc(-c3nc(-c4ccccc4)nc(-c4cc(-n5c6ccccc6c6cc7c8cc9ccccc9cc8n(-c8ccccc8)c7cc65)cc5ccccc45)n3)c2)cc1. The topological polar surface area (TPSA) is 48.5 Å². The zero-order chi connectivity index (χ0) is 42.1. The molecular formula is C59H37N5. The Morgan fingerprint density at radius 3 is 1.53 bits per heavy atom. The van der Waals surface area contributed by atoms with Gasteiger partial charge in [-0.05, 0) is 93.3 Å². The minimum atomic E-state index is 0.617. The normalized spacial score (nSPS) is 11.8. The third-order valence-corrected chi connectivity index (χ3v) is 12.7. The lowest BCUT2D eigenvalue weighted by atomic mass is 10.0. The van der Waals surface area contributed by atoms with Crippen molar-refractivity contribution in [1.29, 1.82) is 0 Å². The summed E-state index contributed by atoms with van der Waals surface area (Å²) in [4.78, 5) is 15.7. The molecule has 0 saturated heterocycles. The molecule has 64 heavy (non-hydrogen) atoms. The van der Waals surface area contributed by atoms with E-state index in [1.807, 2.05) is 24.3 Å². The quantitative estimate of drug-likeness (QED) is 0.168. The van der Waals surface area contributed by atoms with Crippen LogP contribution in [0.5, 0.6) is 0 Å². The van der Waals surface area contributed by atoms with Gasteiger partial charge in [0.15, 0.2) is 17.5 Å². The summed E-state index contributed by atoms with van der Waals surface area (Å²) in [5.74, 6) is 1.86. The monoisotopic (exact) mass is 815 g/mol. The van der Waals surface area contributed by atoms with Crippen molar-refractivity contribution in [2.24, 2.45) is 0 Å². The summed E-state index contributed by atoms with van der Waals surface area (Å²) in [7, 11) is 0. The molecular weight excluding hydrogens is 779 g/mol. The highest BCUT2D eigenvalue weighted by Gasteiger charge is 2.21. The van der Waals surface area contributed by atoms with Crippen LogP contribution >= 0.6 is 0 Å². The number of aromatic nitrogens is 5. The Hall–Kier alpha value is -8.67. The van der Waals surface area contributed by atoms with Crippen LogP contribution in [0.2, 0.25) is 0 Å². The van der Waals surface area contributed by atoms with Gasteiger partial charge in [-0.2, -0.15) is 0 Å². The molecule has 0 amide bonds. The van der Waals surface area contributed by atoms with E-state index in [1.165, 1.54) is 37.8 Å². The first-order valence-corrected chi connectivity index (χ1v) is 21.7. The Morgan fingerprint density at radius 2 is 0.766 bits per heavy atom. The van der Waals surface area contributed by atoms with Gasteiger partial charge < -0.3 is 9.13 Å². The molecule has 5 nitrogen and oxygen atoms in total. The fraction of sp³-hybridized carbons (Fsp3) is 0. The maximum atomic E-state index is 5.33. The molecule has 0 atom stereocenters. The zero-order valence-corrected chi connectivity index (χ0v) is 34.6. The third kappa shape index (κ3) is 5.83. The maximum absolute atomic E-state index is 5.33. The molecule has 0 fully saturated rings. The summed E-state index contributed by atoms with van der Waals surface area (Å²) in [6.45, 7) is 0. The van der Waals surface area contributed by atoms with Gasteiger partial charge in [0, 0.05) is 49.6 Å². The molecule has 5 heteroatoms. The molecule has 0 unspecified atom stereocenters. The summed E-state index contributed by atoms with van der Waals surface area (Å²) in [5, 5.41) is 9.47. The number of para-hydroxylation sites is 2. The largest absolute Gasteiger partial charge is 0.309 e. The number of fused-ring (bicyclic) bond motifs is 8. The van der Waals surface area contributed by atoms with Crippen LogP contribution in [0.4, 0.5) is 0 Å². The van der Waals surface area contributed by atoms with Gasteiger partial charge in [0.05, 0.1) is 22.1 Å². The second-order valence-electron chi connectivity index (χ2n) is 16.5. The lowest BCUT2D eigenvalue weighted by Gasteiger charge is -2.15. The molecule has 298 valence electrons. The Labute approximate surface area is 368 Å². The van der Waals surface area contributed by atoms with E-state index in [9.17, 15) is 0 Å². The van der Waals surface area contributed by atoms with Gasteiger partial charge in [-0.3, -0.25) is 0 Å². The van der Waals surface area contributed by atoms with E-state index in [1.54, 1.807) is 0 Å². The minimum Gasteiger partial charge on any atom is -0.309 e.